The van der Waals surface area contributed by atoms with E-state index in [-0.39, 0.29) is 5.41 Å². The third-order valence-corrected chi connectivity index (χ3v) is 4.74. The van der Waals surface area contributed by atoms with Gasteiger partial charge in [-0.2, -0.15) is 0 Å². The molecule has 21 heavy (non-hydrogen) atoms. The molecule has 0 fully saturated rings. The summed E-state index contributed by atoms with van der Waals surface area (Å²) in [5, 5.41) is 4.95. The van der Waals surface area contributed by atoms with Crippen LogP contribution in [0.2, 0.25) is 10.0 Å². The Labute approximate surface area is 140 Å². The Kier molecular flexibility index (Phi) is 8.08. The molecule has 1 aromatic rings. The lowest BCUT2D eigenvalue weighted by Gasteiger charge is -2.35. The molecule has 0 unspecified atom stereocenters. The van der Waals surface area contributed by atoms with E-state index in [1.165, 1.54) is 31.2 Å². The lowest BCUT2D eigenvalue weighted by Crippen LogP contribution is -2.39. The summed E-state index contributed by atoms with van der Waals surface area (Å²) in [6.45, 7) is 11.1. The maximum absolute atomic E-state index is 6.25. The van der Waals surface area contributed by atoms with Crippen LogP contribution >= 0.6 is 23.2 Å². The lowest BCUT2D eigenvalue weighted by atomic mass is 9.73. The van der Waals surface area contributed by atoms with Crippen molar-refractivity contribution >= 4 is 23.2 Å². The fraction of sp³-hybridized carbons (Fsp3) is 0.667. The quantitative estimate of drug-likeness (QED) is 0.579. The molecule has 0 saturated carbocycles. The summed E-state index contributed by atoms with van der Waals surface area (Å²) in [7, 11) is 0. The lowest BCUT2D eigenvalue weighted by molar-refractivity contribution is 0.328. The van der Waals surface area contributed by atoms with Crippen LogP contribution in [0, 0.1) is 5.92 Å². The van der Waals surface area contributed by atoms with E-state index in [9.17, 15) is 0 Å². The molecule has 0 amide bonds. The Bertz CT molecular complexity index is 423. The molecular weight excluding hydrogens is 301 g/mol. The minimum absolute atomic E-state index is 0.159. The smallest absolute Gasteiger partial charge is 0.0595 e. The Morgan fingerprint density at radius 3 is 2.14 bits per heavy atom. The van der Waals surface area contributed by atoms with Crippen LogP contribution < -0.4 is 5.32 Å². The van der Waals surface area contributed by atoms with Gasteiger partial charge in [-0.25, -0.2) is 0 Å². The van der Waals surface area contributed by atoms with Gasteiger partial charge in [-0.15, -0.1) is 0 Å². The van der Waals surface area contributed by atoms with Gasteiger partial charge in [0.15, 0.2) is 0 Å². The molecule has 1 nitrogen and oxygen atoms in total. The van der Waals surface area contributed by atoms with Crippen LogP contribution in [0.5, 0.6) is 0 Å². The van der Waals surface area contributed by atoms with Crippen LogP contribution in [0.15, 0.2) is 18.2 Å². The van der Waals surface area contributed by atoms with Gasteiger partial charge in [0.25, 0.3) is 0 Å². The molecule has 0 radical (unpaired) electrons. The zero-order valence-electron chi connectivity index (χ0n) is 13.8. The topological polar surface area (TPSA) is 12.0 Å². The minimum atomic E-state index is 0.159. The summed E-state index contributed by atoms with van der Waals surface area (Å²) >= 11 is 12.3. The van der Waals surface area contributed by atoms with Gasteiger partial charge in [-0.05, 0) is 43.0 Å². The molecule has 0 spiro atoms. The normalized spacial score (nSPS) is 12.1. The molecule has 0 aliphatic carbocycles. The maximum Gasteiger partial charge on any atom is 0.0595 e. The van der Waals surface area contributed by atoms with Crippen molar-refractivity contribution in [2.75, 3.05) is 13.1 Å². The second-order valence-electron chi connectivity index (χ2n) is 6.43. The number of hydrogen-bond donors (Lipinski definition) is 1. The third kappa shape index (κ3) is 5.47. The molecular formula is C18H29Cl2N. The van der Waals surface area contributed by atoms with E-state index in [0.717, 1.165) is 13.1 Å². The molecule has 1 aromatic carbocycles. The molecule has 0 bridgehead atoms. The molecule has 0 aromatic heterocycles. The average Bonchev–Trinajstić information content (AvgIpc) is 2.41. The highest BCUT2D eigenvalue weighted by Gasteiger charge is 2.30. The van der Waals surface area contributed by atoms with Gasteiger partial charge in [0.05, 0.1) is 10.0 Å². The highest BCUT2D eigenvalue weighted by Crippen LogP contribution is 2.37. The van der Waals surface area contributed by atoms with Crippen LogP contribution in [0.25, 0.3) is 0 Å². The zero-order valence-corrected chi connectivity index (χ0v) is 15.3. The van der Waals surface area contributed by atoms with E-state index in [2.05, 4.69) is 45.1 Å². The van der Waals surface area contributed by atoms with Crippen molar-refractivity contribution in [3.8, 4) is 0 Å². The minimum Gasteiger partial charge on any atom is -0.316 e. The molecule has 1 N–H and O–H groups in total. The first-order valence-electron chi connectivity index (χ1n) is 8.11. The Hall–Kier alpha value is -0.240. The van der Waals surface area contributed by atoms with Gasteiger partial charge < -0.3 is 5.32 Å². The monoisotopic (exact) mass is 329 g/mol. The summed E-state index contributed by atoms with van der Waals surface area (Å²) in [6, 6.07) is 6.14. The fourth-order valence-corrected chi connectivity index (χ4v) is 3.37. The summed E-state index contributed by atoms with van der Waals surface area (Å²) in [5.74, 6) is 0.666. The van der Waals surface area contributed by atoms with E-state index in [1.54, 1.807) is 0 Å². The number of halogens is 2. The van der Waals surface area contributed by atoms with E-state index >= 15 is 0 Å². The SMILES string of the molecule is CCCC(CCC)(CNCC(C)C)c1ccc(Cl)c(Cl)c1. The van der Waals surface area contributed by atoms with E-state index < -0.39 is 0 Å². The summed E-state index contributed by atoms with van der Waals surface area (Å²) in [6.07, 6.45) is 4.68. The van der Waals surface area contributed by atoms with E-state index in [4.69, 9.17) is 23.2 Å². The van der Waals surface area contributed by atoms with Gasteiger partial charge in [0.1, 0.15) is 0 Å². The zero-order chi connectivity index (χ0) is 15.9. The third-order valence-electron chi connectivity index (χ3n) is 4.01. The van der Waals surface area contributed by atoms with Crippen LogP contribution in [-0.2, 0) is 5.41 Å². The molecule has 0 aliphatic heterocycles. The van der Waals surface area contributed by atoms with E-state index in [1.807, 2.05) is 6.07 Å². The predicted molar refractivity (Wildman–Crippen MR) is 95.7 cm³/mol. The van der Waals surface area contributed by atoms with Crippen LogP contribution in [0.1, 0.15) is 58.9 Å². The summed E-state index contributed by atoms with van der Waals surface area (Å²) < 4.78 is 0. The molecule has 0 heterocycles. The van der Waals surface area contributed by atoms with Crippen molar-refractivity contribution in [2.45, 2.75) is 58.8 Å². The van der Waals surface area contributed by atoms with Gasteiger partial charge in [0.2, 0.25) is 0 Å². The largest absolute Gasteiger partial charge is 0.316 e. The van der Waals surface area contributed by atoms with Crippen molar-refractivity contribution in [2.24, 2.45) is 5.92 Å². The number of hydrogen-bond acceptors (Lipinski definition) is 1. The van der Waals surface area contributed by atoms with Gasteiger partial charge in [0, 0.05) is 12.0 Å². The Morgan fingerprint density at radius 1 is 1.05 bits per heavy atom. The van der Waals surface area contributed by atoms with Gasteiger partial charge >= 0.3 is 0 Å². The highest BCUT2D eigenvalue weighted by atomic mass is 35.5. The highest BCUT2D eigenvalue weighted by molar-refractivity contribution is 6.42. The number of rotatable bonds is 9. The Morgan fingerprint density at radius 2 is 1.67 bits per heavy atom. The second-order valence-corrected chi connectivity index (χ2v) is 7.25. The molecule has 0 aliphatic rings. The number of benzene rings is 1. The first-order chi connectivity index (χ1) is 9.95. The van der Waals surface area contributed by atoms with E-state index in [0.29, 0.717) is 16.0 Å². The number of nitrogens with one attached hydrogen (secondary N) is 1. The van der Waals surface area contributed by atoms with Crippen LogP contribution in [-0.4, -0.2) is 13.1 Å². The van der Waals surface area contributed by atoms with Crippen molar-refractivity contribution < 1.29 is 0 Å². The summed E-state index contributed by atoms with van der Waals surface area (Å²) in [5.41, 5.74) is 1.48. The first-order valence-corrected chi connectivity index (χ1v) is 8.87. The molecule has 3 heteroatoms. The average molecular weight is 330 g/mol. The fourth-order valence-electron chi connectivity index (χ4n) is 3.08. The van der Waals surface area contributed by atoms with Crippen LogP contribution in [0.3, 0.4) is 0 Å². The van der Waals surface area contributed by atoms with Crippen LogP contribution in [0.4, 0.5) is 0 Å². The van der Waals surface area contributed by atoms with Crippen molar-refractivity contribution in [3.63, 3.8) is 0 Å². The first kappa shape index (κ1) is 18.8. The van der Waals surface area contributed by atoms with Crippen molar-refractivity contribution in [3.05, 3.63) is 33.8 Å². The Balaban J connectivity index is 3.04. The van der Waals surface area contributed by atoms with Gasteiger partial charge in [-0.1, -0.05) is 69.8 Å². The second kappa shape index (κ2) is 9.02. The molecule has 0 saturated heterocycles. The molecule has 120 valence electrons. The molecule has 1 rings (SSSR count). The van der Waals surface area contributed by atoms with Crippen molar-refractivity contribution in [1.82, 2.24) is 5.32 Å². The van der Waals surface area contributed by atoms with Gasteiger partial charge in [-0.3, -0.25) is 0 Å². The summed E-state index contributed by atoms with van der Waals surface area (Å²) in [4.78, 5) is 0. The standard InChI is InChI=1S/C18H29Cl2N/c1-5-9-18(10-6-2,13-21-12-14(3)4)15-7-8-16(19)17(20)11-15/h7-8,11,14,21H,5-6,9-10,12-13H2,1-4H3. The van der Waals surface area contributed by atoms with Crippen molar-refractivity contribution in [1.29, 1.82) is 0 Å². The predicted octanol–water partition coefficient (Wildman–Crippen LogP) is 6.08. The maximum atomic E-state index is 6.25. The molecule has 0 atom stereocenters.